The zero-order valence-corrected chi connectivity index (χ0v) is 12.4. The number of aromatic nitrogens is 1. The molecule has 3 aromatic rings. The lowest BCUT2D eigenvalue weighted by molar-refractivity contribution is 1.05. The van der Waals surface area contributed by atoms with Gasteiger partial charge in [-0.3, -0.25) is 5.41 Å². The minimum absolute atomic E-state index is 0.0470. The van der Waals surface area contributed by atoms with Crippen molar-refractivity contribution in [1.82, 2.24) is 4.98 Å². The molecule has 0 saturated carbocycles. The lowest BCUT2D eigenvalue weighted by Gasteiger charge is -2.08. The van der Waals surface area contributed by atoms with Gasteiger partial charge in [-0.15, -0.1) is 0 Å². The van der Waals surface area contributed by atoms with E-state index in [2.05, 4.69) is 35.3 Å². The van der Waals surface area contributed by atoms with Gasteiger partial charge >= 0.3 is 0 Å². The van der Waals surface area contributed by atoms with Crippen LogP contribution >= 0.6 is 11.8 Å². The van der Waals surface area contributed by atoms with Crippen LogP contribution < -0.4 is 5.73 Å². The van der Waals surface area contributed by atoms with E-state index in [1.807, 2.05) is 31.2 Å². The number of nitrogens with zero attached hydrogens (tertiary/aromatic N) is 1. The van der Waals surface area contributed by atoms with Crippen LogP contribution in [0, 0.1) is 12.3 Å². The molecule has 0 atom stereocenters. The first kappa shape index (κ1) is 13.6. The number of benzene rings is 2. The molecule has 21 heavy (non-hydrogen) atoms. The summed E-state index contributed by atoms with van der Waals surface area (Å²) in [4.78, 5) is 5.60. The highest BCUT2D eigenvalue weighted by Crippen LogP contribution is 2.31. The van der Waals surface area contributed by atoms with Crippen molar-refractivity contribution >= 4 is 28.4 Å². The molecule has 104 valence electrons. The van der Waals surface area contributed by atoms with E-state index in [0.29, 0.717) is 5.56 Å². The van der Waals surface area contributed by atoms with Gasteiger partial charge in [-0.25, -0.2) is 4.98 Å². The van der Waals surface area contributed by atoms with Crippen LogP contribution in [-0.2, 0) is 0 Å². The molecule has 0 unspecified atom stereocenters. The van der Waals surface area contributed by atoms with Crippen LogP contribution in [0.1, 0.15) is 11.3 Å². The second kappa shape index (κ2) is 5.58. The van der Waals surface area contributed by atoms with Gasteiger partial charge in [0.25, 0.3) is 0 Å². The molecule has 3 rings (SSSR count). The molecule has 3 N–H and O–H groups in total. The van der Waals surface area contributed by atoms with Crippen molar-refractivity contribution in [3.63, 3.8) is 0 Å². The van der Waals surface area contributed by atoms with E-state index >= 15 is 0 Å². The fourth-order valence-corrected chi connectivity index (χ4v) is 3.18. The lowest BCUT2D eigenvalue weighted by Crippen LogP contribution is -2.13. The standard InChI is InChI=1S/C17H15N3S/c1-11-6-9-15(16(18)19)17(20-11)21-14-8-7-12-4-2-3-5-13(12)10-14/h2-10H,1H3,(H3,18,19). The maximum Gasteiger partial charge on any atom is 0.125 e. The number of fused-ring (bicyclic) bond motifs is 1. The number of nitrogens with one attached hydrogen (secondary N) is 1. The zero-order chi connectivity index (χ0) is 14.8. The molecular weight excluding hydrogens is 278 g/mol. The molecule has 0 fully saturated rings. The number of hydrogen-bond acceptors (Lipinski definition) is 3. The van der Waals surface area contributed by atoms with Gasteiger partial charge < -0.3 is 5.73 Å². The number of pyridine rings is 1. The Balaban J connectivity index is 2.02. The van der Waals surface area contributed by atoms with Gasteiger partial charge in [0.1, 0.15) is 10.9 Å². The normalized spacial score (nSPS) is 10.7. The highest BCUT2D eigenvalue weighted by molar-refractivity contribution is 7.99. The number of amidine groups is 1. The first-order chi connectivity index (χ1) is 10.1. The van der Waals surface area contributed by atoms with Crippen LogP contribution in [0.3, 0.4) is 0 Å². The maximum absolute atomic E-state index is 7.67. The molecule has 0 radical (unpaired) electrons. The summed E-state index contributed by atoms with van der Waals surface area (Å²) < 4.78 is 0. The van der Waals surface area contributed by atoms with E-state index in [4.69, 9.17) is 11.1 Å². The maximum atomic E-state index is 7.67. The fourth-order valence-electron chi connectivity index (χ4n) is 2.16. The Bertz CT molecular complexity index is 827. The molecule has 2 aromatic carbocycles. The highest BCUT2D eigenvalue weighted by Gasteiger charge is 2.09. The van der Waals surface area contributed by atoms with E-state index in [9.17, 15) is 0 Å². The molecule has 1 aromatic heterocycles. The minimum atomic E-state index is 0.0470. The summed E-state index contributed by atoms with van der Waals surface area (Å²) in [6, 6.07) is 18.3. The average molecular weight is 293 g/mol. The Morgan fingerprint density at radius 3 is 2.57 bits per heavy atom. The van der Waals surface area contributed by atoms with Crippen LogP contribution in [0.5, 0.6) is 0 Å². The molecule has 1 heterocycles. The first-order valence-electron chi connectivity index (χ1n) is 6.62. The number of nitrogen functional groups attached to an aromatic ring is 1. The lowest BCUT2D eigenvalue weighted by atomic mass is 10.1. The van der Waals surface area contributed by atoms with Crippen LogP contribution in [-0.4, -0.2) is 10.8 Å². The third-order valence-electron chi connectivity index (χ3n) is 3.23. The predicted molar refractivity (Wildman–Crippen MR) is 88.1 cm³/mol. The quantitative estimate of drug-likeness (QED) is 0.567. The predicted octanol–water partition coefficient (Wildman–Crippen LogP) is 3.98. The Morgan fingerprint density at radius 1 is 1.05 bits per heavy atom. The Morgan fingerprint density at radius 2 is 1.81 bits per heavy atom. The van der Waals surface area contributed by atoms with Gasteiger partial charge in [0.2, 0.25) is 0 Å². The summed E-state index contributed by atoms with van der Waals surface area (Å²) >= 11 is 1.54. The first-order valence-corrected chi connectivity index (χ1v) is 7.44. The average Bonchev–Trinajstić information content (AvgIpc) is 2.47. The van der Waals surface area contributed by atoms with Crippen molar-refractivity contribution in [2.45, 2.75) is 16.8 Å². The van der Waals surface area contributed by atoms with E-state index in [1.165, 1.54) is 22.5 Å². The van der Waals surface area contributed by atoms with E-state index in [0.717, 1.165) is 15.6 Å². The SMILES string of the molecule is Cc1ccc(C(=N)N)c(Sc2ccc3ccccc3c2)n1. The zero-order valence-electron chi connectivity index (χ0n) is 11.6. The summed E-state index contributed by atoms with van der Waals surface area (Å²) in [5.41, 5.74) is 7.24. The van der Waals surface area contributed by atoms with Gasteiger partial charge in [-0.1, -0.05) is 42.1 Å². The van der Waals surface area contributed by atoms with Gasteiger partial charge in [0.05, 0.1) is 0 Å². The molecule has 0 saturated heterocycles. The minimum Gasteiger partial charge on any atom is -0.384 e. The molecule has 4 heteroatoms. The smallest absolute Gasteiger partial charge is 0.125 e. The van der Waals surface area contributed by atoms with Gasteiger partial charge in [-0.2, -0.15) is 0 Å². The number of rotatable bonds is 3. The molecule has 0 aliphatic heterocycles. The number of hydrogen-bond donors (Lipinski definition) is 2. The summed E-state index contributed by atoms with van der Waals surface area (Å²) in [7, 11) is 0. The Labute approximate surface area is 127 Å². The van der Waals surface area contributed by atoms with Crippen molar-refractivity contribution in [3.05, 3.63) is 65.9 Å². The van der Waals surface area contributed by atoms with Crippen molar-refractivity contribution in [3.8, 4) is 0 Å². The Kier molecular flexibility index (Phi) is 3.62. The number of nitrogens with two attached hydrogens (primary N) is 1. The molecular formula is C17H15N3S. The monoisotopic (exact) mass is 293 g/mol. The third kappa shape index (κ3) is 2.90. The summed E-state index contributed by atoms with van der Waals surface area (Å²) in [5.74, 6) is 0.0470. The van der Waals surface area contributed by atoms with Gasteiger partial charge in [-0.05, 0) is 42.0 Å². The van der Waals surface area contributed by atoms with Gasteiger partial charge in [0.15, 0.2) is 0 Å². The molecule has 0 spiro atoms. The summed E-state index contributed by atoms with van der Waals surface area (Å²) in [5, 5.41) is 10.9. The number of aryl methyl sites for hydroxylation is 1. The molecule has 0 bridgehead atoms. The summed E-state index contributed by atoms with van der Waals surface area (Å²) in [6.07, 6.45) is 0. The van der Waals surface area contributed by atoms with Crippen molar-refractivity contribution in [2.75, 3.05) is 0 Å². The van der Waals surface area contributed by atoms with Gasteiger partial charge in [0, 0.05) is 16.2 Å². The van der Waals surface area contributed by atoms with Crippen LogP contribution in [0.25, 0.3) is 10.8 Å². The third-order valence-corrected chi connectivity index (χ3v) is 4.22. The molecule has 3 nitrogen and oxygen atoms in total. The van der Waals surface area contributed by atoms with E-state index < -0.39 is 0 Å². The Hall–Kier alpha value is -2.33. The molecule has 0 aliphatic carbocycles. The fraction of sp³-hybridized carbons (Fsp3) is 0.0588. The largest absolute Gasteiger partial charge is 0.384 e. The van der Waals surface area contributed by atoms with Crippen LogP contribution in [0.4, 0.5) is 0 Å². The second-order valence-corrected chi connectivity index (χ2v) is 5.89. The van der Waals surface area contributed by atoms with Crippen molar-refractivity contribution in [2.24, 2.45) is 5.73 Å². The topological polar surface area (TPSA) is 62.8 Å². The molecule has 0 aliphatic rings. The molecule has 0 amide bonds. The summed E-state index contributed by atoms with van der Waals surface area (Å²) in [6.45, 7) is 1.94. The van der Waals surface area contributed by atoms with Crippen LogP contribution in [0.15, 0.2) is 64.5 Å². The van der Waals surface area contributed by atoms with Crippen molar-refractivity contribution < 1.29 is 0 Å². The van der Waals surface area contributed by atoms with Crippen LogP contribution in [0.2, 0.25) is 0 Å². The van der Waals surface area contributed by atoms with E-state index in [-0.39, 0.29) is 5.84 Å². The highest BCUT2D eigenvalue weighted by atomic mass is 32.2. The van der Waals surface area contributed by atoms with Crippen molar-refractivity contribution in [1.29, 1.82) is 5.41 Å². The second-order valence-electron chi connectivity index (χ2n) is 4.83. The van der Waals surface area contributed by atoms with E-state index in [1.54, 1.807) is 0 Å².